The van der Waals surface area contributed by atoms with Crippen LogP contribution in [0.4, 0.5) is 15.3 Å². The van der Waals surface area contributed by atoms with Crippen LogP contribution in [-0.4, -0.2) is 79.4 Å². The van der Waals surface area contributed by atoms with Crippen molar-refractivity contribution in [3.8, 4) is 0 Å². The predicted molar refractivity (Wildman–Crippen MR) is 177 cm³/mol. The second-order valence-corrected chi connectivity index (χ2v) is 11.5. The summed E-state index contributed by atoms with van der Waals surface area (Å²) in [6, 6.07) is 3.86. The Morgan fingerprint density at radius 1 is 0.915 bits per heavy atom. The number of anilines is 1. The van der Waals surface area contributed by atoms with Crippen molar-refractivity contribution in [1.29, 1.82) is 0 Å². The average Bonchev–Trinajstić information content (AvgIpc) is 3.33. The molecule has 15 heteroatoms. The lowest BCUT2D eigenvalue weighted by Crippen LogP contribution is -2.54. The number of ether oxygens (including phenoxy) is 1. The van der Waals surface area contributed by atoms with Crippen molar-refractivity contribution in [2.75, 3.05) is 18.4 Å². The van der Waals surface area contributed by atoms with Gasteiger partial charge < -0.3 is 31.7 Å². The van der Waals surface area contributed by atoms with Crippen LogP contribution in [0, 0.1) is 5.92 Å². The minimum atomic E-state index is -0.996. The minimum absolute atomic E-state index is 0.0297. The maximum Gasteiger partial charge on any atom is 0.312 e. The molecule has 1 aromatic carbocycles. The van der Waals surface area contributed by atoms with Crippen LogP contribution < -0.4 is 27.0 Å². The number of benzene rings is 1. The third-order valence-electron chi connectivity index (χ3n) is 6.91. The molecule has 0 spiro atoms. The van der Waals surface area contributed by atoms with E-state index in [1.807, 2.05) is 0 Å². The van der Waals surface area contributed by atoms with E-state index in [-0.39, 0.29) is 62.5 Å². The zero-order valence-corrected chi connectivity index (χ0v) is 27.9. The molecule has 1 heterocycles. The third kappa shape index (κ3) is 16.6. The van der Waals surface area contributed by atoms with Crippen LogP contribution in [0.15, 0.2) is 24.3 Å². The Bertz CT molecular complexity index is 1190. The summed E-state index contributed by atoms with van der Waals surface area (Å²) in [5, 5.41) is 10.6. The van der Waals surface area contributed by atoms with Crippen molar-refractivity contribution < 1.29 is 38.3 Å². The van der Waals surface area contributed by atoms with E-state index in [1.165, 1.54) is 11.3 Å². The van der Waals surface area contributed by atoms with E-state index >= 15 is 0 Å². The Morgan fingerprint density at radius 3 is 2.09 bits per heavy atom. The summed E-state index contributed by atoms with van der Waals surface area (Å²) in [4.78, 5) is 85.6. The maximum absolute atomic E-state index is 13.3. The highest BCUT2D eigenvalue weighted by atomic mass is 16.5. The second-order valence-electron chi connectivity index (χ2n) is 11.5. The number of amides is 7. The fourth-order valence-electron chi connectivity index (χ4n) is 4.50. The summed E-state index contributed by atoms with van der Waals surface area (Å²) in [7, 11) is 4.98. The van der Waals surface area contributed by atoms with Gasteiger partial charge in [0.15, 0.2) is 0 Å². The molecule has 1 aromatic rings. The molecule has 2 atom stereocenters. The van der Waals surface area contributed by atoms with E-state index in [0.717, 1.165) is 0 Å². The molecule has 2 rings (SSSR count). The largest absolute Gasteiger partial charge is 0.470 e. The van der Waals surface area contributed by atoms with Crippen molar-refractivity contribution in [2.24, 2.45) is 11.7 Å². The Hall–Kier alpha value is -4.43. The van der Waals surface area contributed by atoms with Gasteiger partial charge in [0.25, 0.3) is 0 Å². The lowest BCUT2D eigenvalue weighted by Gasteiger charge is -2.25. The SMILES string of the molecule is CCC.[B]C(=O)OCc1ccc(NC(=O)C(CCCNC(N)=O)NC(=O)C(NC(=O)CCCCCN2C(=O)CCC2=O)C(C)C)cc1. The van der Waals surface area contributed by atoms with Crippen molar-refractivity contribution in [3.05, 3.63) is 29.8 Å². The molecule has 1 aliphatic rings. The smallest absolute Gasteiger partial charge is 0.312 e. The molecule has 2 radical (unpaired) electrons. The number of likely N-dealkylation sites (tertiary alicyclic amines) is 1. The number of nitrogens with two attached hydrogens (primary N) is 1. The van der Waals surface area contributed by atoms with E-state index in [0.29, 0.717) is 43.5 Å². The Balaban J connectivity index is 0.00000354. The van der Waals surface area contributed by atoms with Crippen molar-refractivity contribution in [2.45, 2.75) is 104 Å². The van der Waals surface area contributed by atoms with Gasteiger partial charge in [0.05, 0.1) is 0 Å². The predicted octanol–water partition coefficient (Wildman–Crippen LogP) is 2.63. The number of carbonyl (C=O) groups excluding carboxylic acids is 7. The molecular weight excluding hydrogens is 607 g/mol. The highest BCUT2D eigenvalue weighted by Crippen LogP contribution is 2.15. The first-order valence-corrected chi connectivity index (χ1v) is 16.1. The Kier molecular flexibility index (Phi) is 19.1. The molecule has 258 valence electrons. The summed E-state index contributed by atoms with van der Waals surface area (Å²) in [5.41, 5.74) is 6.19. The van der Waals surface area contributed by atoms with E-state index in [1.54, 1.807) is 38.1 Å². The number of rotatable bonds is 18. The van der Waals surface area contributed by atoms with E-state index in [4.69, 9.17) is 18.3 Å². The van der Waals surface area contributed by atoms with Crippen molar-refractivity contribution in [1.82, 2.24) is 20.9 Å². The minimum Gasteiger partial charge on any atom is -0.470 e. The van der Waals surface area contributed by atoms with Crippen LogP contribution in [-0.2, 0) is 35.3 Å². The number of nitrogens with one attached hydrogen (secondary N) is 4. The van der Waals surface area contributed by atoms with Crippen LogP contribution >= 0.6 is 0 Å². The molecule has 1 fully saturated rings. The molecule has 47 heavy (non-hydrogen) atoms. The highest BCUT2D eigenvalue weighted by Gasteiger charge is 2.29. The number of urea groups is 1. The fourth-order valence-corrected chi connectivity index (χ4v) is 4.50. The van der Waals surface area contributed by atoms with Gasteiger partial charge in [-0.1, -0.05) is 52.7 Å². The molecule has 1 saturated heterocycles. The monoisotopic (exact) mass is 656 g/mol. The number of primary amides is 1. The van der Waals surface area contributed by atoms with Gasteiger partial charge in [0, 0.05) is 38.0 Å². The number of unbranched alkanes of at least 4 members (excludes halogenated alkanes) is 2. The van der Waals surface area contributed by atoms with Crippen LogP contribution in [0.3, 0.4) is 0 Å². The summed E-state index contributed by atoms with van der Waals surface area (Å²) in [5.74, 6) is -2.92. The lowest BCUT2D eigenvalue weighted by molar-refractivity contribution is -0.138. The molecule has 0 saturated carbocycles. The fraction of sp³-hybridized carbons (Fsp3) is 0.594. The molecule has 2 unspecified atom stereocenters. The summed E-state index contributed by atoms with van der Waals surface area (Å²) >= 11 is 0. The molecule has 0 bridgehead atoms. The quantitative estimate of drug-likeness (QED) is 0.0900. The number of hydrogen-bond donors (Lipinski definition) is 5. The third-order valence-corrected chi connectivity index (χ3v) is 6.91. The van der Waals surface area contributed by atoms with Crippen LogP contribution in [0.5, 0.6) is 0 Å². The van der Waals surface area contributed by atoms with Gasteiger partial charge in [-0.25, -0.2) is 4.79 Å². The zero-order valence-electron chi connectivity index (χ0n) is 27.9. The van der Waals surface area contributed by atoms with Gasteiger partial charge in [-0.05, 0) is 49.3 Å². The number of hydrogen-bond acceptors (Lipinski definition) is 8. The Morgan fingerprint density at radius 2 is 1.53 bits per heavy atom. The van der Waals surface area contributed by atoms with E-state index in [2.05, 4.69) is 35.1 Å². The summed E-state index contributed by atoms with van der Waals surface area (Å²) in [6.45, 7) is 8.28. The first kappa shape index (κ1) is 40.6. The first-order chi connectivity index (χ1) is 22.3. The molecule has 6 N–H and O–H groups in total. The standard InChI is InChI=1S/C29H41BN6O8.C3H8/c1-18(2)25(35-22(37)8-4-3-5-16-36-23(38)13-14-24(36)39)27(41)34-21(7-6-15-32-29(31)43)26(40)33-20-11-9-19(10-12-20)17-44-28(30)42;1-3-2/h9-12,18,21,25H,3-8,13-17H2,1-2H3,(H,33,40)(H,34,41)(H,35,37)(H3,31,32,43);3H2,1-2H3. The Labute approximate surface area is 278 Å². The number of imide groups is 1. The number of carbonyl (C=O) groups is 7. The maximum atomic E-state index is 13.3. The first-order valence-electron chi connectivity index (χ1n) is 16.1. The molecule has 14 nitrogen and oxygen atoms in total. The molecule has 1 aliphatic heterocycles. The highest BCUT2D eigenvalue weighted by molar-refractivity contribution is 6.55. The van der Waals surface area contributed by atoms with Gasteiger partial charge in [0.2, 0.25) is 43.3 Å². The van der Waals surface area contributed by atoms with Gasteiger partial charge in [-0.15, -0.1) is 0 Å². The van der Waals surface area contributed by atoms with Crippen LogP contribution in [0.1, 0.15) is 91.0 Å². The second kappa shape index (κ2) is 22.2. The van der Waals surface area contributed by atoms with E-state index < -0.39 is 35.8 Å². The summed E-state index contributed by atoms with van der Waals surface area (Å²) in [6.07, 6.45) is 4.13. The van der Waals surface area contributed by atoms with Gasteiger partial charge in [-0.3, -0.25) is 33.7 Å². The number of nitrogens with zero attached hydrogens (tertiary/aromatic N) is 1. The van der Waals surface area contributed by atoms with Gasteiger partial charge >= 0.3 is 6.03 Å². The van der Waals surface area contributed by atoms with Crippen LogP contribution in [0.25, 0.3) is 0 Å². The molecule has 0 aromatic heterocycles. The lowest BCUT2D eigenvalue weighted by atomic mass is 10.0. The normalized spacial score (nSPS) is 13.6. The van der Waals surface area contributed by atoms with Gasteiger partial charge in [-0.2, -0.15) is 0 Å². The topological polar surface area (TPSA) is 206 Å². The van der Waals surface area contributed by atoms with Crippen molar-refractivity contribution >= 4 is 55.0 Å². The van der Waals surface area contributed by atoms with E-state index in [9.17, 15) is 33.6 Å². The molecule has 0 aliphatic carbocycles. The summed E-state index contributed by atoms with van der Waals surface area (Å²) < 4.78 is 4.74. The molecular formula is C32H49BN6O8. The van der Waals surface area contributed by atoms with Gasteiger partial charge in [0.1, 0.15) is 18.7 Å². The van der Waals surface area contributed by atoms with Crippen LogP contribution in [0.2, 0.25) is 0 Å². The zero-order chi connectivity index (χ0) is 35.4. The average molecular weight is 657 g/mol. The van der Waals surface area contributed by atoms with Crippen molar-refractivity contribution in [3.63, 3.8) is 0 Å². The molecule has 7 amide bonds.